The van der Waals surface area contributed by atoms with E-state index < -0.39 is 6.10 Å². The predicted octanol–water partition coefficient (Wildman–Crippen LogP) is 1.58. The van der Waals surface area contributed by atoms with Gasteiger partial charge in [-0.2, -0.15) is 0 Å². The molecule has 0 aliphatic rings. The summed E-state index contributed by atoms with van der Waals surface area (Å²) in [5.74, 6) is 0. The lowest BCUT2D eigenvalue weighted by molar-refractivity contribution is 0.209. The van der Waals surface area contributed by atoms with Crippen molar-refractivity contribution in [2.24, 2.45) is 0 Å². The molecule has 0 amide bonds. The topological polar surface area (TPSA) is 51.2 Å². The normalized spacial score (nSPS) is 13.0. The molecule has 0 bridgehead atoms. The maximum Gasteiger partial charge on any atom is 0.124 e. The average Bonchev–Trinajstić information content (AvgIpc) is 2.87. The minimum absolute atomic E-state index is 0.656. The Morgan fingerprint density at radius 2 is 2.50 bits per heavy atom. The predicted molar refractivity (Wildman–Crippen MR) is 50.7 cm³/mol. The van der Waals surface area contributed by atoms with E-state index in [2.05, 4.69) is 4.98 Å². The van der Waals surface area contributed by atoms with Gasteiger partial charge < -0.3 is 14.1 Å². The Morgan fingerprint density at radius 3 is 3.14 bits per heavy atom. The van der Waals surface area contributed by atoms with E-state index in [-0.39, 0.29) is 0 Å². The Morgan fingerprint density at radius 1 is 1.64 bits per heavy atom. The van der Waals surface area contributed by atoms with Crippen LogP contribution in [-0.2, 0) is 6.54 Å². The molecular formula is C10H12N2O2. The van der Waals surface area contributed by atoms with Crippen LogP contribution in [-0.4, -0.2) is 14.7 Å². The van der Waals surface area contributed by atoms with Crippen molar-refractivity contribution in [3.63, 3.8) is 0 Å². The largest absolute Gasteiger partial charge is 0.472 e. The fourth-order valence-corrected chi connectivity index (χ4v) is 1.42. The molecule has 0 aliphatic heterocycles. The Bertz CT molecular complexity index is 392. The minimum Gasteiger partial charge on any atom is -0.472 e. The first kappa shape index (κ1) is 9.02. The van der Waals surface area contributed by atoms with Crippen molar-refractivity contribution in [2.75, 3.05) is 0 Å². The van der Waals surface area contributed by atoms with E-state index in [0.717, 1.165) is 17.8 Å². The van der Waals surface area contributed by atoms with Crippen molar-refractivity contribution < 1.29 is 9.52 Å². The number of nitrogens with zero attached hydrogens (tertiary/aromatic N) is 2. The molecule has 2 aromatic heterocycles. The number of aliphatic hydroxyl groups is 1. The molecule has 1 N–H and O–H groups in total. The van der Waals surface area contributed by atoms with Crippen molar-refractivity contribution in [3.05, 3.63) is 42.4 Å². The first-order valence-electron chi connectivity index (χ1n) is 4.53. The molecule has 2 aromatic rings. The molecule has 0 saturated carbocycles. The van der Waals surface area contributed by atoms with Crippen LogP contribution in [0.2, 0.25) is 0 Å². The molecule has 14 heavy (non-hydrogen) atoms. The highest BCUT2D eigenvalue weighted by atomic mass is 16.3. The third-order valence-corrected chi connectivity index (χ3v) is 2.22. The lowest BCUT2D eigenvalue weighted by Gasteiger charge is -2.10. The van der Waals surface area contributed by atoms with Crippen molar-refractivity contribution in [1.82, 2.24) is 9.55 Å². The first-order chi connectivity index (χ1) is 6.83. The number of furan rings is 1. The van der Waals surface area contributed by atoms with Crippen LogP contribution < -0.4 is 0 Å². The van der Waals surface area contributed by atoms with Gasteiger partial charge in [-0.25, -0.2) is 4.98 Å². The van der Waals surface area contributed by atoms with Crippen molar-refractivity contribution in [3.8, 4) is 0 Å². The molecule has 1 unspecified atom stereocenters. The smallest absolute Gasteiger partial charge is 0.124 e. The molecular weight excluding hydrogens is 180 g/mol. The average molecular weight is 192 g/mol. The summed E-state index contributed by atoms with van der Waals surface area (Å²) < 4.78 is 6.82. The Hall–Kier alpha value is -1.55. The molecule has 0 fully saturated rings. The highest BCUT2D eigenvalue weighted by Gasteiger charge is 2.15. The van der Waals surface area contributed by atoms with E-state index in [4.69, 9.17) is 4.42 Å². The number of hydrogen-bond donors (Lipinski definition) is 1. The van der Waals surface area contributed by atoms with Crippen LogP contribution in [0, 0.1) is 0 Å². The lowest BCUT2D eigenvalue weighted by atomic mass is 10.1. The van der Waals surface area contributed by atoms with Crippen LogP contribution in [0.4, 0.5) is 0 Å². The SMILES string of the molecule is CCn1cncc1C(O)c1ccoc1. The van der Waals surface area contributed by atoms with Crippen LogP contribution in [0.15, 0.2) is 35.5 Å². The first-order valence-corrected chi connectivity index (χ1v) is 4.53. The molecule has 0 aromatic carbocycles. The molecule has 0 spiro atoms. The summed E-state index contributed by atoms with van der Waals surface area (Å²) in [6.07, 6.45) is 5.80. The summed E-state index contributed by atoms with van der Waals surface area (Å²) in [5.41, 5.74) is 1.54. The third-order valence-electron chi connectivity index (χ3n) is 2.22. The fourth-order valence-electron chi connectivity index (χ4n) is 1.42. The van der Waals surface area contributed by atoms with Crippen LogP contribution in [0.5, 0.6) is 0 Å². The monoisotopic (exact) mass is 192 g/mol. The second kappa shape index (κ2) is 3.67. The Balaban J connectivity index is 2.31. The second-order valence-corrected chi connectivity index (χ2v) is 3.06. The van der Waals surface area contributed by atoms with Crippen molar-refractivity contribution in [1.29, 1.82) is 0 Å². The minimum atomic E-state index is -0.656. The van der Waals surface area contributed by atoms with E-state index >= 15 is 0 Å². The van der Waals surface area contributed by atoms with Crippen molar-refractivity contribution in [2.45, 2.75) is 19.6 Å². The van der Waals surface area contributed by atoms with Crippen molar-refractivity contribution >= 4 is 0 Å². The van der Waals surface area contributed by atoms with Gasteiger partial charge in [0.1, 0.15) is 6.10 Å². The Labute approximate surface area is 81.8 Å². The van der Waals surface area contributed by atoms with E-state index in [1.165, 1.54) is 6.26 Å². The number of rotatable bonds is 3. The Kier molecular flexibility index (Phi) is 2.37. The summed E-state index contributed by atoms with van der Waals surface area (Å²) in [6.45, 7) is 2.80. The summed E-state index contributed by atoms with van der Waals surface area (Å²) in [5, 5.41) is 9.96. The van der Waals surface area contributed by atoms with Gasteiger partial charge in [0.2, 0.25) is 0 Å². The maximum absolute atomic E-state index is 9.96. The van der Waals surface area contributed by atoms with Gasteiger partial charge >= 0.3 is 0 Å². The van der Waals surface area contributed by atoms with E-state index in [1.54, 1.807) is 24.9 Å². The zero-order valence-electron chi connectivity index (χ0n) is 7.92. The number of hydrogen-bond acceptors (Lipinski definition) is 3. The molecule has 74 valence electrons. The molecule has 0 radical (unpaired) electrons. The lowest BCUT2D eigenvalue weighted by Crippen LogP contribution is -2.06. The second-order valence-electron chi connectivity index (χ2n) is 3.06. The molecule has 4 nitrogen and oxygen atoms in total. The molecule has 2 rings (SSSR count). The van der Waals surface area contributed by atoms with Crippen LogP contribution in [0.3, 0.4) is 0 Å². The standard InChI is InChI=1S/C10H12N2O2/c1-2-12-7-11-5-9(12)10(13)8-3-4-14-6-8/h3-7,10,13H,2H2,1H3. The molecule has 4 heteroatoms. The van der Waals surface area contributed by atoms with Gasteiger partial charge in [0, 0.05) is 12.1 Å². The molecule has 0 aliphatic carbocycles. The molecule has 1 atom stereocenters. The van der Waals surface area contributed by atoms with Gasteiger partial charge in [0.05, 0.1) is 30.7 Å². The highest BCUT2D eigenvalue weighted by Crippen LogP contribution is 2.21. The van der Waals surface area contributed by atoms with Crippen LogP contribution in [0.1, 0.15) is 24.3 Å². The summed E-state index contributed by atoms with van der Waals surface area (Å²) in [4.78, 5) is 4.00. The third kappa shape index (κ3) is 1.44. The number of aromatic nitrogens is 2. The van der Waals surface area contributed by atoms with Gasteiger partial charge in [0.25, 0.3) is 0 Å². The summed E-state index contributed by atoms with van der Waals surface area (Å²) >= 11 is 0. The zero-order valence-corrected chi connectivity index (χ0v) is 7.92. The van der Waals surface area contributed by atoms with E-state index in [9.17, 15) is 5.11 Å². The number of aryl methyl sites for hydroxylation is 1. The van der Waals surface area contributed by atoms with Gasteiger partial charge in [-0.1, -0.05) is 0 Å². The van der Waals surface area contributed by atoms with Gasteiger partial charge in [0.15, 0.2) is 0 Å². The van der Waals surface area contributed by atoms with Crippen LogP contribution >= 0.6 is 0 Å². The fraction of sp³-hybridized carbons (Fsp3) is 0.300. The number of imidazole rings is 1. The van der Waals surface area contributed by atoms with Gasteiger partial charge in [-0.15, -0.1) is 0 Å². The zero-order chi connectivity index (χ0) is 9.97. The summed E-state index contributed by atoms with van der Waals surface area (Å²) in [7, 11) is 0. The van der Waals surface area contributed by atoms with E-state index in [1.807, 2.05) is 11.5 Å². The summed E-state index contributed by atoms with van der Waals surface area (Å²) in [6, 6.07) is 1.75. The molecule has 2 heterocycles. The van der Waals surface area contributed by atoms with Gasteiger partial charge in [-0.3, -0.25) is 0 Å². The van der Waals surface area contributed by atoms with Crippen LogP contribution in [0.25, 0.3) is 0 Å². The van der Waals surface area contributed by atoms with E-state index in [0.29, 0.717) is 0 Å². The maximum atomic E-state index is 9.96. The number of aliphatic hydroxyl groups excluding tert-OH is 1. The quantitative estimate of drug-likeness (QED) is 0.803. The van der Waals surface area contributed by atoms with Gasteiger partial charge in [-0.05, 0) is 13.0 Å². The highest BCUT2D eigenvalue weighted by molar-refractivity contribution is 5.20. The molecule has 0 saturated heterocycles.